The molecular weight excluding hydrogens is 400 g/mol. The molecular formula is C23H28N2O4S. The maximum absolute atomic E-state index is 12.7. The van der Waals surface area contributed by atoms with Gasteiger partial charge in [0.2, 0.25) is 15.9 Å². The van der Waals surface area contributed by atoms with E-state index < -0.39 is 10.0 Å². The van der Waals surface area contributed by atoms with Crippen LogP contribution in [0.1, 0.15) is 37.3 Å². The number of nitrogens with one attached hydrogen (secondary N) is 1. The SMILES string of the molecule is CC[C@H](C)c1ccccc1NC(=O)/C=C/c1ccc(S(=O)(=O)N2CCOCC2)cc1. The molecule has 0 aliphatic carbocycles. The highest BCUT2D eigenvalue weighted by molar-refractivity contribution is 7.89. The number of carbonyl (C=O) groups excluding carboxylic acids is 1. The summed E-state index contributed by atoms with van der Waals surface area (Å²) >= 11 is 0. The van der Waals surface area contributed by atoms with E-state index in [0.717, 1.165) is 23.2 Å². The summed E-state index contributed by atoms with van der Waals surface area (Å²) in [6, 6.07) is 14.3. The van der Waals surface area contributed by atoms with Crippen molar-refractivity contribution in [1.29, 1.82) is 0 Å². The fraction of sp³-hybridized carbons (Fsp3) is 0.348. The van der Waals surface area contributed by atoms with Crippen LogP contribution >= 0.6 is 0 Å². The molecule has 1 aliphatic heterocycles. The summed E-state index contributed by atoms with van der Waals surface area (Å²) in [5.41, 5.74) is 2.68. The molecule has 0 bridgehead atoms. The van der Waals surface area contributed by atoms with Crippen LogP contribution in [0.3, 0.4) is 0 Å². The van der Waals surface area contributed by atoms with Crippen molar-refractivity contribution in [2.45, 2.75) is 31.1 Å². The third-order valence-corrected chi connectivity index (χ3v) is 7.19. The van der Waals surface area contributed by atoms with Crippen LogP contribution in [0.15, 0.2) is 59.5 Å². The fourth-order valence-electron chi connectivity index (χ4n) is 3.29. The van der Waals surface area contributed by atoms with Gasteiger partial charge in [-0.15, -0.1) is 0 Å². The molecule has 3 rings (SSSR count). The molecule has 0 saturated carbocycles. The Morgan fingerprint density at radius 3 is 2.47 bits per heavy atom. The van der Waals surface area contributed by atoms with E-state index in [9.17, 15) is 13.2 Å². The number of sulfonamides is 1. The van der Waals surface area contributed by atoms with Crippen LogP contribution in [0.5, 0.6) is 0 Å². The standard InChI is InChI=1S/C23H28N2O4S/c1-3-18(2)21-6-4-5-7-22(21)24-23(26)13-10-19-8-11-20(12-9-19)30(27,28)25-14-16-29-17-15-25/h4-13,18H,3,14-17H2,1-2H3,(H,24,26)/b13-10+/t18-/m0/s1. The number of rotatable bonds is 7. The van der Waals surface area contributed by atoms with Gasteiger partial charge in [0.25, 0.3) is 0 Å². The number of amides is 1. The first kappa shape index (κ1) is 22.2. The lowest BCUT2D eigenvalue weighted by Crippen LogP contribution is -2.40. The molecule has 1 aliphatic rings. The van der Waals surface area contributed by atoms with Gasteiger partial charge in [0.05, 0.1) is 18.1 Å². The Kier molecular flexibility index (Phi) is 7.42. The Labute approximate surface area is 178 Å². The minimum Gasteiger partial charge on any atom is -0.379 e. The Bertz CT molecular complexity index is 994. The zero-order valence-electron chi connectivity index (χ0n) is 17.4. The highest BCUT2D eigenvalue weighted by atomic mass is 32.2. The highest BCUT2D eigenvalue weighted by Gasteiger charge is 2.25. The number of morpholine rings is 1. The second-order valence-electron chi connectivity index (χ2n) is 7.30. The van der Waals surface area contributed by atoms with Crippen molar-refractivity contribution in [3.05, 3.63) is 65.7 Å². The zero-order valence-corrected chi connectivity index (χ0v) is 18.2. The smallest absolute Gasteiger partial charge is 0.248 e. The Morgan fingerprint density at radius 2 is 1.80 bits per heavy atom. The van der Waals surface area contributed by atoms with E-state index in [-0.39, 0.29) is 10.8 Å². The fourth-order valence-corrected chi connectivity index (χ4v) is 4.70. The van der Waals surface area contributed by atoms with E-state index in [1.54, 1.807) is 30.3 Å². The van der Waals surface area contributed by atoms with Gasteiger partial charge < -0.3 is 10.1 Å². The maximum Gasteiger partial charge on any atom is 0.248 e. The molecule has 6 nitrogen and oxygen atoms in total. The average molecular weight is 429 g/mol. The maximum atomic E-state index is 12.7. The summed E-state index contributed by atoms with van der Waals surface area (Å²) in [6.45, 7) is 5.80. The topological polar surface area (TPSA) is 75.7 Å². The van der Waals surface area contributed by atoms with Crippen LogP contribution in [0.25, 0.3) is 6.08 Å². The monoisotopic (exact) mass is 428 g/mol. The third-order valence-electron chi connectivity index (χ3n) is 5.28. The predicted octanol–water partition coefficient (Wildman–Crippen LogP) is 3.87. The van der Waals surface area contributed by atoms with Crippen LogP contribution in [0.2, 0.25) is 0 Å². The van der Waals surface area contributed by atoms with Crippen LogP contribution < -0.4 is 5.32 Å². The Morgan fingerprint density at radius 1 is 1.13 bits per heavy atom. The normalized spacial score (nSPS) is 16.5. The van der Waals surface area contributed by atoms with Gasteiger partial charge in [0.1, 0.15) is 0 Å². The van der Waals surface area contributed by atoms with Crippen LogP contribution in [-0.4, -0.2) is 44.9 Å². The van der Waals surface area contributed by atoms with Gasteiger partial charge in [-0.1, -0.05) is 44.2 Å². The van der Waals surface area contributed by atoms with Crippen LogP contribution in [0, 0.1) is 0 Å². The van der Waals surface area contributed by atoms with Crippen molar-refractivity contribution < 1.29 is 17.9 Å². The number of ether oxygens (including phenoxy) is 1. The first-order valence-corrected chi connectivity index (χ1v) is 11.6. The minimum atomic E-state index is -3.52. The Balaban J connectivity index is 1.66. The Hall–Kier alpha value is -2.48. The van der Waals surface area contributed by atoms with E-state index in [4.69, 9.17) is 4.74 Å². The van der Waals surface area contributed by atoms with E-state index >= 15 is 0 Å². The van der Waals surface area contributed by atoms with Crippen molar-refractivity contribution in [1.82, 2.24) is 4.31 Å². The average Bonchev–Trinajstić information content (AvgIpc) is 2.78. The van der Waals surface area contributed by atoms with Gasteiger partial charge in [-0.05, 0) is 47.7 Å². The molecule has 7 heteroatoms. The molecule has 0 aromatic heterocycles. The van der Waals surface area contributed by atoms with Gasteiger partial charge in [0.15, 0.2) is 0 Å². The molecule has 30 heavy (non-hydrogen) atoms. The van der Waals surface area contributed by atoms with Gasteiger partial charge in [0, 0.05) is 24.9 Å². The third kappa shape index (κ3) is 5.36. The molecule has 0 radical (unpaired) electrons. The van der Waals surface area contributed by atoms with Crippen molar-refractivity contribution >= 4 is 27.7 Å². The molecule has 0 unspecified atom stereocenters. The summed E-state index contributed by atoms with van der Waals surface area (Å²) < 4.78 is 32.0. The molecule has 1 N–H and O–H groups in total. The first-order valence-electron chi connectivity index (χ1n) is 10.2. The predicted molar refractivity (Wildman–Crippen MR) is 119 cm³/mol. The van der Waals surface area contributed by atoms with E-state index in [1.165, 1.54) is 10.4 Å². The summed E-state index contributed by atoms with van der Waals surface area (Å²) in [6.07, 6.45) is 4.12. The molecule has 1 amide bonds. The second-order valence-corrected chi connectivity index (χ2v) is 9.24. The molecule has 1 saturated heterocycles. The number of anilines is 1. The van der Waals surface area contributed by atoms with Crippen molar-refractivity contribution in [3.8, 4) is 0 Å². The van der Waals surface area contributed by atoms with Crippen LogP contribution in [-0.2, 0) is 19.6 Å². The van der Waals surface area contributed by atoms with Gasteiger partial charge in [-0.3, -0.25) is 4.79 Å². The lowest BCUT2D eigenvalue weighted by Gasteiger charge is -2.26. The molecule has 1 fully saturated rings. The molecule has 1 atom stereocenters. The first-order chi connectivity index (χ1) is 14.4. The molecule has 1 heterocycles. The quantitative estimate of drug-likeness (QED) is 0.679. The minimum absolute atomic E-state index is 0.226. The number of benzene rings is 2. The van der Waals surface area contributed by atoms with Crippen LogP contribution in [0.4, 0.5) is 5.69 Å². The molecule has 2 aromatic rings. The van der Waals surface area contributed by atoms with E-state index in [2.05, 4.69) is 19.2 Å². The van der Waals surface area contributed by atoms with Gasteiger partial charge >= 0.3 is 0 Å². The summed E-state index contributed by atoms with van der Waals surface area (Å²) in [5.74, 6) is 0.127. The number of nitrogens with zero attached hydrogens (tertiary/aromatic N) is 1. The molecule has 160 valence electrons. The molecule has 2 aromatic carbocycles. The summed E-state index contributed by atoms with van der Waals surface area (Å²) in [7, 11) is -3.52. The lowest BCUT2D eigenvalue weighted by atomic mass is 9.97. The molecule has 0 spiro atoms. The van der Waals surface area contributed by atoms with Gasteiger partial charge in [-0.2, -0.15) is 4.31 Å². The summed E-state index contributed by atoms with van der Waals surface area (Å²) in [5, 5.41) is 2.93. The van der Waals surface area contributed by atoms with E-state index in [0.29, 0.717) is 32.2 Å². The van der Waals surface area contributed by atoms with Crippen molar-refractivity contribution in [2.75, 3.05) is 31.6 Å². The number of para-hydroxylation sites is 1. The largest absolute Gasteiger partial charge is 0.379 e. The highest BCUT2D eigenvalue weighted by Crippen LogP contribution is 2.26. The van der Waals surface area contributed by atoms with Gasteiger partial charge in [-0.25, -0.2) is 8.42 Å². The zero-order chi connectivity index (χ0) is 21.6. The lowest BCUT2D eigenvalue weighted by molar-refractivity contribution is -0.111. The second kappa shape index (κ2) is 10.0. The van der Waals surface area contributed by atoms with Crippen molar-refractivity contribution in [2.24, 2.45) is 0 Å². The number of carbonyl (C=O) groups is 1. The summed E-state index contributed by atoms with van der Waals surface area (Å²) in [4.78, 5) is 12.6. The number of hydrogen-bond donors (Lipinski definition) is 1. The number of hydrogen-bond acceptors (Lipinski definition) is 4. The van der Waals surface area contributed by atoms with Crippen molar-refractivity contribution in [3.63, 3.8) is 0 Å². The van der Waals surface area contributed by atoms with E-state index in [1.807, 2.05) is 24.3 Å².